The lowest BCUT2D eigenvalue weighted by molar-refractivity contribution is 0.0381. The monoisotopic (exact) mass is 164 g/mol. The van der Waals surface area contributed by atoms with E-state index in [-0.39, 0.29) is 0 Å². The predicted molar refractivity (Wildman–Crippen MR) is 40.7 cm³/mol. The summed E-state index contributed by atoms with van der Waals surface area (Å²) in [7, 11) is 0. The number of rotatable bonds is 3. The van der Waals surface area contributed by atoms with Crippen molar-refractivity contribution in [3.05, 3.63) is 35.9 Å². The summed E-state index contributed by atoms with van der Waals surface area (Å²) in [6, 6.07) is 8.32. The fraction of sp³-hybridized carbons (Fsp3) is 0. The molecule has 1 N–H and O–H groups in total. The Balaban J connectivity index is 2.59. The number of nitrogens with one attached hydrogen (secondary N) is 1. The third kappa shape index (κ3) is 2.09. The molecular weight excluding hydrogens is 158 g/mol. The fourth-order valence-electron chi connectivity index (χ4n) is 0.700. The Morgan fingerprint density at radius 1 is 1.33 bits per heavy atom. The molecule has 0 unspecified atom stereocenters. The highest BCUT2D eigenvalue weighted by atomic mass is 16.7. The van der Waals surface area contributed by atoms with E-state index in [1.165, 1.54) is 6.41 Å². The van der Waals surface area contributed by atoms with Gasteiger partial charge in [-0.05, 0) is 12.1 Å². The molecule has 0 aliphatic heterocycles. The molecule has 4 nitrogen and oxygen atoms in total. The molecule has 0 atom stereocenters. The molecule has 0 saturated heterocycles. The zero-order valence-corrected chi connectivity index (χ0v) is 6.11. The quantitative estimate of drug-likeness (QED) is 0.520. The standard InChI is InChI=1S/C8H6NO3/c10-6-9-12-8(11)7-4-2-1-3-5-7/h1-5H,(H,9,10). The number of hydrogen-bond acceptors (Lipinski definition) is 3. The molecule has 1 aromatic carbocycles. The average Bonchev–Trinajstić information content (AvgIpc) is 2.15. The van der Waals surface area contributed by atoms with Crippen LogP contribution in [0.5, 0.6) is 0 Å². The molecule has 1 rings (SSSR count). The van der Waals surface area contributed by atoms with Crippen LogP contribution in [0.25, 0.3) is 0 Å². The first-order valence-corrected chi connectivity index (χ1v) is 3.23. The van der Waals surface area contributed by atoms with E-state index in [0.717, 1.165) is 0 Å². The highest BCUT2D eigenvalue weighted by molar-refractivity contribution is 5.89. The molecule has 1 aromatic rings. The van der Waals surface area contributed by atoms with Crippen LogP contribution in [-0.2, 0) is 9.63 Å². The third-order valence-electron chi connectivity index (χ3n) is 1.19. The van der Waals surface area contributed by atoms with E-state index in [9.17, 15) is 9.59 Å². The number of amides is 1. The molecule has 0 saturated carbocycles. The average molecular weight is 164 g/mol. The first kappa shape index (κ1) is 8.26. The van der Waals surface area contributed by atoms with Crippen LogP contribution in [0.15, 0.2) is 30.3 Å². The van der Waals surface area contributed by atoms with Crippen molar-refractivity contribution in [1.82, 2.24) is 5.48 Å². The van der Waals surface area contributed by atoms with E-state index < -0.39 is 5.97 Å². The zero-order chi connectivity index (χ0) is 8.81. The Kier molecular flexibility index (Phi) is 2.84. The summed E-state index contributed by atoms with van der Waals surface area (Å²) in [5.41, 5.74) is 2.07. The number of benzene rings is 1. The van der Waals surface area contributed by atoms with E-state index in [1.807, 2.05) is 0 Å². The van der Waals surface area contributed by atoms with Crippen LogP contribution >= 0.6 is 0 Å². The number of carbonyl (C=O) groups is 1. The van der Waals surface area contributed by atoms with Crippen molar-refractivity contribution in [3.63, 3.8) is 0 Å². The lowest BCUT2D eigenvalue weighted by atomic mass is 10.2. The van der Waals surface area contributed by atoms with Crippen LogP contribution < -0.4 is 5.48 Å². The maximum Gasteiger partial charge on any atom is 0.362 e. The molecule has 4 heteroatoms. The summed E-state index contributed by atoms with van der Waals surface area (Å²) in [5, 5.41) is 0. The van der Waals surface area contributed by atoms with Crippen molar-refractivity contribution in [3.8, 4) is 0 Å². The lowest BCUT2D eigenvalue weighted by Crippen LogP contribution is -2.17. The summed E-state index contributed by atoms with van der Waals surface area (Å²) >= 11 is 0. The van der Waals surface area contributed by atoms with Gasteiger partial charge in [0.15, 0.2) is 0 Å². The van der Waals surface area contributed by atoms with Gasteiger partial charge in [-0.3, -0.25) is 4.79 Å². The van der Waals surface area contributed by atoms with Crippen molar-refractivity contribution in [2.75, 3.05) is 0 Å². The van der Waals surface area contributed by atoms with Crippen molar-refractivity contribution in [1.29, 1.82) is 0 Å². The molecule has 0 fully saturated rings. The van der Waals surface area contributed by atoms with Crippen LogP contribution in [-0.4, -0.2) is 12.4 Å². The highest BCUT2D eigenvalue weighted by Crippen LogP contribution is 1.98. The summed E-state index contributed by atoms with van der Waals surface area (Å²) in [6.45, 7) is 0. The van der Waals surface area contributed by atoms with Crippen LogP contribution in [0.1, 0.15) is 10.4 Å². The summed E-state index contributed by atoms with van der Waals surface area (Å²) < 4.78 is 0. The summed E-state index contributed by atoms with van der Waals surface area (Å²) in [4.78, 5) is 24.8. The van der Waals surface area contributed by atoms with Gasteiger partial charge in [0, 0.05) is 0 Å². The van der Waals surface area contributed by atoms with Gasteiger partial charge < -0.3 is 4.84 Å². The van der Waals surface area contributed by atoms with Gasteiger partial charge in [0.25, 0.3) is 0 Å². The van der Waals surface area contributed by atoms with E-state index in [2.05, 4.69) is 4.84 Å². The van der Waals surface area contributed by atoms with Crippen LogP contribution in [0, 0.1) is 0 Å². The Labute approximate surface area is 69.1 Å². The van der Waals surface area contributed by atoms with E-state index in [0.29, 0.717) is 5.56 Å². The van der Waals surface area contributed by atoms with Crippen LogP contribution in [0.4, 0.5) is 0 Å². The minimum absolute atomic E-state index is 0.375. The van der Waals surface area contributed by atoms with E-state index in [4.69, 9.17) is 0 Å². The molecule has 0 aromatic heterocycles. The molecule has 0 spiro atoms. The molecule has 0 aliphatic rings. The van der Waals surface area contributed by atoms with Crippen molar-refractivity contribution < 1.29 is 14.4 Å². The van der Waals surface area contributed by atoms with Crippen LogP contribution in [0.2, 0.25) is 0 Å². The first-order valence-electron chi connectivity index (χ1n) is 3.23. The van der Waals surface area contributed by atoms with Gasteiger partial charge in [0.2, 0.25) is 0 Å². The highest BCUT2D eigenvalue weighted by Gasteiger charge is 2.04. The van der Waals surface area contributed by atoms with Gasteiger partial charge in [-0.2, -0.15) is 5.48 Å². The molecule has 1 amide bonds. The summed E-state index contributed by atoms with van der Waals surface area (Å²) in [6.07, 6.45) is 1.23. The molecule has 12 heavy (non-hydrogen) atoms. The Bertz CT molecular complexity index is 271. The molecule has 0 bridgehead atoms. The summed E-state index contributed by atoms with van der Waals surface area (Å²) in [5.74, 6) is -0.612. The van der Waals surface area contributed by atoms with E-state index >= 15 is 0 Å². The van der Waals surface area contributed by atoms with E-state index in [1.54, 1.807) is 35.8 Å². The van der Waals surface area contributed by atoms with Gasteiger partial charge in [0.05, 0.1) is 5.56 Å². The molecule has 0 aliphatic carbocycles. The topological polar surface area (TPSA) is 55.4 Å². The maximum absolute atomic E-state index is 10.9. The van der Waals surface area contributed by atoms with Crippen molar-refractivity contribution in [2.24, 2.45) is 0 Å². The van der Waals surface area contributed by atoms with Crippen molar-refractivity contribution in [2.45, 2.75) is 0 Å². The predicted octanol–water partition coefficient (Wildman–Crippen LogP) is 0.415. The van der Waals surface area contributed by atoms with Crippen LogP contribution in [0.3, 0.4) is 0 Å². The molecule has 1 radical (unpaired) electrons. The van der Waals surface area contributed by atoms with Crippen molar-refractivity contribution >= 4 is 12.4 Å². The largest absolute Gasteiger partial charge is 0.362 e. The van der Waals surface area contributed by atoms with Gasteiger partial charge in [-0.1, -0.05) is 18.2 Å². The second kappa shape index (κ2) is 4.12. The third-order valence-corrected chi connectivity index (χ3v) is 1.19. The van der Waals surface area contributed by atoms with Gasteiger partial charge >= 0.3 is 12.4 Å². The molecule has 61 valence electrons. The fourth-order valence-corrected chi connectivity index (χ4v) is 0.700. The normalized spacial score (nSPS) is 8.67. The number of hydrogen-bond donors (Lipinski definition) is 1. The Morgan fingerprint density at radius 3 is 2.58 bits per heavy atom. The van der Waals surface area contributed by atoms with Gasteiger partial charge in [0.1, 0.15) is 0 Å². The SMILES string of the molecule is O=[C]NOC(=O)c1ccccc1. The van der Waals surface area contributed by atoms with Gasteiger partial charge in [-0.15, -0.1) is 0 Å². The first-order chi connectivity index (χ1) is 5.84. The zero-order valence-electron chi connectivity index (χ0n) is 6.11. The van der Waals surface area contributed by atoms with Gasteiger partial charge in [-0.25, -0.2) is 4.79 Å². The minimum atomic E-state index is -0.612. The molecule has 0 heterocycles. The Hall–Kier alpha value is -1.84. The number of hydroxylamine groups is 1. The number of carbonyl (C=O) groups excluding carboxylic acids is 2. The maximum atomic E-state index is 10.9. The smallest absolute Gasteiger partial charge is 0.335 e. The lowest BCUT2D eigenvalue weighted by Gasteiger charge is -1.98. The minimum Gasteiger partial charge on any atom is -0.335 e. The second-order valence-corrected chi connectivity index (χ2v) is 1.96. The molecular formula is C8H6NO3. The Morgan fingerprint density at radius 2 is 2.00 bits per heavy atom. The second-order valence-electron chi connectivity index (χ2n) is 1.96.